The van der Waals surface area contributed by atoms with Crippen molar-refractivity contribution in [3.63, 3.8) is 0 Å². The third kappa shape index (κ3) is 4.56. The zero-order chi connectivity index (χ0) is 22.9. The highest BCUT2D eigenvalue weighted by molar-refractivity contribution is 7.89. The quantitative estimate of drug-likeness (QED) is 0.583. The van der Waals surface area contributed by atoms with Gasteiger partial charge in [0.05, 0.1) is 10.4 Å². The number of H-pyrrole nitrogens is 1. The summed E-state index contributed by atoms with van der Waals surface area (Å²) in [5.74, 6) is -0.919. The van der Waals surface area contributed by atoms with Crippen molar-refractivity contribution in [2.75, 3.05) is 32.1 Å². The van der Waals surface area contributed by atoms with Crippen molar-refractivity contribution in [2.45, 2.75) is 24.3 Å². The molecule has 2 aromatic carbocycles. The summed E-state index contributed by atoms with van der Waals surface area (Å²) in [5.41, 5.74) is 2.74. The van der Waals surface area contributed by atoms with Crippen molar-refractivity contribution in [2.24, 2.45) is 5.92 Å². The number of amides is 1. The Morgan fingerprint density at radius 3 is 2.50 bits per heavy atom. The first kappa shape index (κ1) is 22.1. The fourth-order valence-corrected chi connectivity index (χ4v) is 5.32. The second-order valence-corrected chi connectivity index (χ2v) is 10.1. The van der Waals surface area contributed by atoms with Crippen LogP contribution in [-0.4, -0.2) is 50.8 Å². The first-order valence-electron chi connectivity index (χ1n) is 10.4. The van der Waals surface area contributed by atoms with Crippen molar-refractivity contribution in [1.29, 1.82) is 0 Å². The van der Waals surface area contributed by atoms with E-state index in [1.54, 1.807) is 0 Å². The largest absolute Gasteiger partial charge is 0.417 e. The third-order valence-electron chi connectivity index (χ3n) is 5.77. The Labute approximate surface area is 186 Å². The molecule has 10 heteroatoms. The standard InChI is InChI=1S/C22H26N4O5S/c1-25(2)17-5-3-15(4-6-17)14-23-21(27)16-9-11-26(12-10-16)32(29,30)18-7-8-19-20(13-18)31-22(28)24-19/h3-8,13,16H,9-12,14H2,1-2H3,(H,23,27)(H,24,28). The lowest BCUT2D eigenvalue weighted by atomic mass is 9.97. The van der Waals surface area contributed by atoms with Gasteiger partial charge in [0.1, 0.15) is 0 Å². The molecule has 0 unspecified atom stereocenters. The number of rotatable bonds is 6. The van der Waals surface area contributed by atoms with Crippen LogP contribution in [0.25, 0.3) is 11.1 Å². The summed E-state index contributed by atoms with van der Waals surface area (Å²) in [6.45, 7) is 0.951. The van der Waals surface area contributed by atoms with Gasteiger partial charge >= 0.3 is 5.76 Å². The number of sulfonamides is 1. The molecule has 2 heterocycles. The van der Waals surface area contributed by atoms with Crippen LogP contribution in [0.5, 0.6) is 0 Å². The summed E-state index contributed by atoms with van der Waals surface area (Å²) in [6, 6.07) is 12.3. The third-order valence-corrected chi connectivity index (χ3v) is 7.67. The number of nitrogens with one attached hydrogen (secondary N) is 2. The number of anilines is 1. The molecular weight excluding hydrogens is 432 g/mol. The molecule has 0 radical (unpaired) electrons. The summed E-state index contributed by atoms with van der Waals surface area (Å²) in [6.07, 6.45) is 0.901. The highest BCUT2D eigenvalue weighted by Gasteiger charge is 2.32. The maximum Gasteiger partial charge on any atom is 0.417 e. The molecule has 1 aliphatic rings. The van der Waals surface area contributed by atoms with Crippen LogP contribution in [0.3, 0.4) is 0 Å². The fraction of sp³-hybridized carbons (Fsp3) is 0.364. The Bertz CT molecular complexity index is 1270. The van der Waals surface area contributed by atoms with Gasteiger partial charge in [0.25, 0.3) is 0 Å². The maximum absolute atomic E-state index is 13.0. The molecule has 2 N–H and O–H groups in total. The number of carbonyl (C=O) groups is 1. The van der Waals surface area contributed by atoms with E-state index in [1.807, 2.05) is 43.3 Å². The van der Waals surface area contributed by atoms with E-state index in [0.29, 0.717) is 24.9 Å². The Morgan fingerprint density at radius 2 is 1.84 bits per heavy atom. The van der Waals surface area contributed by atoms with Crippen LogP contribution in [0.1, 0.15) is 18.4 Å². The van der Waals surface area contributed by atoms with Crippen LogP contribution >= 0.6 is 0 Å². The van der Waals surface area contributed by atoms with Crippen LogP contribution in [0.2, 0.25) is 0 Å². The van der Waals surface area contributed by atoms with Crippen molar-refractivity contribution in [3.8, 4) is 0 Å². The molecule has 9 nitrogen and oxygen atoms in total. The highest BCUT2D eigenvalue weighted by Crippen LogP contribution is 2.26. The van der Waals surface area contributed by atoms with E-state index in [1.165, 1.54) is 22.5 Å². The Kier molecular flexibility index (Phi) is 6.07. The number of aromatic nitrogens is 1. The molecule has 1 amide bonds. The van der Waals surface area contributed by atoms with Gasteiger partial charge in [0, 0.05) is 51.4 Å². The normalized spacial score (nSPS) is 15.7. The topological polar surface area (TPSA) is 116 Å². The van der Waals surface area contributed by atoms with E-state index in [4.69, 9.17) is 4.42 Å². The minimum absolute atomic E-state index is 0.0609. The van der Waals surface area contributed by atoms with E-state index < -0.39 is 15.8 Å². The molecule has 0 saturated carbocycles. The second kappa shape index (κ2) is 8.79. The fourth-order valence-electron chi connectivity index (χ4n) is 3.84. The SMILES string of the molecule is CN(C)c1ccc(CNC(=O)C2CCN(S(=O)(=O)c3ccc4[nH]c(=O)oc4c3)CC2)cc1. The molecule has 0 spiro atoms. The number of piperidine rings is 1. The highest BCUT2D eigenvalue weighted by atomic mass is 32.2. The molecule has 0 bridgehead atoms. The molecule has 1 fully saturated rings. The Balaban J connectivity index is 1.34. The summed E-state index contributed by atoms with van der Waals surface area (Å²) >= 11 is 0. The number of oxazole rings is 1. The average Bonchev–Trinajstić information content (AvgIpc) is 3.17. The van der Waals surface area contributed by atoms with Gasteiger partial charge in [-0.3, -0.25) is 9.78 Å². The maximum atomic E-state index is 13.0. The minimum Gasteiger partial charge on any atom is -0.408 e. The van der Waals surface area contributed by atoms with Gasteiger partial charge < -0.3 is 14.6 Å². The predicted molar refractivity (Wildman–Crippen MR) is 121 cm³/mol. The van der Waals surface area contributed by atoms with E-state index in [2.05, 4.69) is 10.3 Å². The monoisotopic (exact) mass is 458 g/mol. The number of carbonyl (C=O) groups excluding carboxylic acids is 1. The lowest BCUT2D eigenvalue weighted by Gasteiger charge is -2.30. The molecule has 0 aliphatic carbocycles. The number of hydrogen-bond acceptors (Lipinski definition) is 6. The summed E-state index contributed by atoms with van der Waals surface area (Å²) < 4.78 is 32.3. The summed E-state index contributed by atoms with van der Waals surface area (Å²) in [4.78, 5) is 28.5. The van der Waals surface area contributed by atoms with Crippen LogP contribution in [-0.2, 0) is 21.4 Å². The van der Waals surface area contributed by atoms with Crippen molar-refractivity contribution in [3.05, 3.63) is 58.6 Å². The number of benzene rings is 2. The first-order chi connectivity index (χ1) is 15.2. The lowest BCUT2D eigenvalue weighted by Crippen LogP contribution is -2.42. The molecular formula is C22H26N4O5S. The lowest BCUT2D eigenvalue weighted by molar-refractivity contribution is -0.126. The van der Waals surface area contributed by atoms with Crippen molar-refractivity contribution in [1.82, 2.24) is 14.6 Å². The zero-order valence-corrected chi connectivity index (χ0v) is 18.8. The van der Waals surface area contributed by atoms with Gasteiger partial charge in [-0.15, -0.1) is 0 Å². The number of hydrogen-bond donors (Lipinski definition) is 2. The Hall–Kier alpha value is -3.11. The zero-order valence-electron chi connectivity index (χ0n) is 18.0. The van der Waals surface area contributed by atoms with Crippen LogP contribution in [0, 0.1) is 5.92 Å². The molecule has 4 rings (SSSR count). The average molecular weight is 459 g/mol. The summed E-state index contributed by atoms with van der Waals surface area (Å²) in [5, 5.41) is 2.96. The molecule has 1 aromatic heterocycles. The number of nitrogens with zero attached hydrogens (tertiary/aromatic N) is 2. The van der Waals surface area contributed by atoms with E-state index >= 15 is 0 Å². The van der Waals surface area contributed by atoms with Crippen LogP contribution in [0.15, 0.2) is 56.6 Å². The molecule has 1 aliphatic heterocycles. The molecule has 0 atom stereocenters. The van der Waals surface area contributed by atoms with E-state index in [-0.39, 0.29) is 35.4 Å². The number of fused-ring (bicyclic) bond motifs is 1. The first-order valence-corrected chi connectivity index (χ1v) is 11.8. The van der Waals surface area contributed by atoms with Crippen molar-refractivity contribution >= 4 is 32.7 Å². The van der Waals surface area contributed by atoms with Gasteiger partial charge in [-0.1, -0.05) is 12.1 Å². The summed E-state index contributed by atoms with van der Waals surface area (Å²) in [7, 11) is 0.206. The van der Waals surface area contributed by atoms with E-state index in [0.717, 1.165) is 11.3 Å². The van der Waals surface area contributed by atoms with Gasteiger partial charge in [-0.05, 0) is 42.7 Å². The van der Waals surface area contributed by atoms with Gasteiger partial charge in [0.15, 0.2) is 5.58 Å². The molecule has 3 aromatic rings. The van der Waals surface area contributed by atoms with Gasteiger partial charge in [-0.25, -0.2) is 13.2 Å². The Morgan fingerprint density at radius 1 is 1.16 bits per heavy atom. The molecule has 1 saturated heterocycles. The van der Waals surface area contributed by atoms with E-state index in [9.17, 15) is 18.0 Å². The minimum atomic E-state index is -3.74. The molecule has 170 valence electrons. The smallest absolute Gasteiger partial charge is 0.408 e. The van der Waals surface area contributed by atoms with Gasteiger partial charge in [-0.2, -0.15) is 4.31 Å². The van der Waals surface area contributed by atoms with Gasteiger partial charge in [0.2, 0.25) is 15.9 Å². The van der Waals surface area contributed by atoms with Crippen molar-refractivity contribution < 1.29 is 17.6 Å². The number of aromatic amines is 1. The van der Waals surface area contributed by atoms with Crippen LogP contribution < -0.4 is 16.0 Å². The van der Waals surface area contributed by atoms with Crippen LogP contribution in [0.4, 0.5) is 5.69 Å². The molecule has 32 heavy (non-hydrogen) atoms. The second-order valence-electron chi connectivity index (χ2n) is 8.13. The predicted octanol–water partition coefficient (Wildman–Crippen LogP) is 1.90.